The summed E-state index contributed by atoms with van der Waals surface area (Å²) in [5.41, 5.74) is 0.335. The lowest BCUT2D eigenvalue weighted by atomic mass is 10.1. The average molecular weight is 310 g/mol. The van der Waals surface area contributed by atoms with Crippen molar-refractivity contribution in [1.82, 2.24) is 0 Å². The van der Waals surface area contributed by atoms with Gasteiger partial charge in [0.2, 0.25) is 0 Å². The van der Waals surface area contributed by atoms with Gasteiger partial charge in [-0.3, -0.25) is 4.79 Å². The van der Waals surface area contributed by atoms with Gasteiger partial charge in [-0.2, -0.15) is 5.11 Å². The van der Waals surface area contributed by atoms with Crippen LogP contribution in [0.15, 0.2) is 76.6 Å². The zero-order valence-electron chi connectivity index (χ0n) is 12.3. The van der Waals surface area contributed by atoms with Gasteiger partial charge in [-0.1, -0.05) is 48.5 Å². The Kier molecular flexibility index (Phi) is 5.35. The number of Topliss-reactive ketones (excluding diaryl/α,β-unsaturated/α-hetero) is 1. The van der Waals surface area contributed by atoms with Crippen LogP contribution in [0.2, 0.25) is 0 Å². The molecule has 0 unspecified atom stereocenters. The van der Waals surface area contributed by atoms with E-state index in [-0.39, 0.29) is 0 Å². The molecule has 0 fully saturated rings. The summed E-state index contributed by atoms with van der Waals surface area (Å²) in [5.74, 6) is -2.65. The highest BCUT2D eigenvalue weighted by molar-refractivity contribution is 6.41. The van der Waals surface area contributed by atoms with Crippen molar-refractivity contribution in [2.24, 2.45) is 10.2 Å². The van der Waals surface area contributed by atoms with E-state index in [1.165, 1.54) is 0 Å². The van der Waals surface area contributed by atoms with Gasteiger partial charge >= 0.3 is 5.97 Å². The second kappa shape index (κ2) is 7.65. The van der Waals surface area contributed by atoms with E-state index in [0.717, 1.165) is 7.11 Å². The van der Waals surface area contributed by atoms with Crippen LogP contribution in [-0.2, 0) is 14.3 Å². The highest BCUT2D eigenvalue weighted by Gasteiger charge is 2.24. The molecule has 0 aromatic heterocycles. The minimum atomic E-state index is -1.13. The van der Waals surface area contributed by atoms with Crippen LogP contribution in [0, 0.1) is 0 Å². The van der Waals surface area contributed by atoms with Crippen molar-refractivity contribution in [3.8, 4) is 0 Å². The summed E-state index contributed by atoms with van der Waals surface area (Å²) in [6.45, 7) is 0. The van der Waals surface area contributed by atoms with Crippen LogP contribution >= 0.6 is 0 Å². The van der Waals surface area contributed by atoms with Gasteiger partial charge in [0.05, 0.1) is 12.8 Å². The first kappa shape index (κ1) is 16.1. The van der Waals surface area contributed by atoms with E-state index in [9.17, 15) is 14.7 Å². The molecule has 0 bridgehead atoms. The molecule has 0 radical (unpaired) electrons. The third-order valence-corrected chi connectivity index (χ3v) is 2.88. The lowest BCUT2D eigenvalue weighted by Crippen LogP contribution is -2.18. The molecule has 0 spiro atoms. The molecule has 0 heterocycles. The lowest BCUT2D eigenvalue weighted by molar-refractivity contribution is -0.149. The Balaban J connectivity index is 2.46. The summed E-state index contributed by atoms with van der Waals surface area (Å²) in [5, 5.41) is 17.9. The Morgan fingerprint density at radius 1 is 0.957 bits per heavy atom. The van der Waals surface area contributed by atoms with E-state index >= 15 is 0 Å². The zero-order chi connectivity index (χ0) is 16.7. The fraction of sp³-hybridized carbons (Fsp3) is 0.0588. The number of aliphatic hydroxyl groups excluding tert-OH is 1. The third kappa shape index (κ3) is 4.10. The van der Waals surface area contributed by atoms with Gasteiger partial charge in [-0.25, -0.2) is 4.79 Å². The van der Waals surface area contributed by atoms with Crippen molar-refractivity contribution in [3.63, 3.8) is 0 Å². The molecule has 0 saturated heterocycles. The molecule has 0 saturated carbocycles. The maximum Gasteiger partial charge on any atom is 0.381 e. The van der Waals surface area contributed by atoms with E-state index in [1.54, 1.807) is 60.7 Å². The number of esters is 1. The highest BCUT2D eigenvalue weighted by Crippen LogP contribution is 2.20. The van der Waals surface area contributed by atoms with Crippen molar-refractivity contribution in [2.75, 3.05) is 7.11 Å². The number of benzene rings is 2. The quantitative estimate of drug-likeness (QED) is 0.301. The number of nitrogens with zero attached hydrogens (tertiary/aromatic N) is 2. The van der Waals surface area contributed by atoms with Gasteiger partial charge in [0, 0.05) is 5.56 Å². The topological polar surface area (TPSA) is 88.3 Å². The summed E-state index contributed by atoms with van der Waals surface area (Å²) >= 11 is 0. The number of ketones is 1. The second-order valence-corrected chi connectivity index (χ2v) is 4.42. The van der Waals surface area contributed by atoms with E-state index < -0.39 is 23.2 Å². The largest absolute Gasteiger partial charge is 0.505 e. The van der Waals surface area contributed by atoms with E-state index in [0.29, 0.717) is 11.3 Å². The minimum absolute atomic E-state index is 0.340. The summed E-state index contributed by atoms with van der Waals surface area (Å²) in [7, 11) is 1.08. The molecule has 0 aliphatic heterocycles. The maximum atomic E-state index is 12.1. The molecule has 23 heavy (non-hydrogen) atoms. The fourth-order valence-corrected chi connectivity index (χ4v) is 1.72. The van der Waals surface area contributed by atoms with Crippen molar-refractivity contribution in [3.05, 3.63) is 71.9 Å². The van der Waals surface area contributed by atoms with E-state index in [2.05, 4.69) is 15.0 Å². The van der Waals surface area contributed by atoms with Gasteiger partial charge in [0.25, 0.3) is 5.78 Å². The smallest absolute Gasteiger partial charge is 0.381 e. The molecule has 0 aliphatic rings. The number of aliphatic hydroxyl groups is 1. The molecule has 2 aromatic rings. The van der Waals surface area contributed by atoms with Crippen LogP contribution in [-0.4, -0.2) is 24.0 Å². The second-order valence-electron chi connectivity index (χ2n) is 4.42. The van der Waals surface area contributed by atoms with E-state index in [1.807, 2.05) is 0 Å². The predicted octanol–water partition coefficient (Wildman–Crippen LogP) is 3.44. The molecule has 0 atom stereocenters. The van der Waals surface area contributed by atoms with Gasteiger partial charge in [-0.05, 0) is 12.1 Å². The number of carbonyl (C=O) groups is 2. The molecule has 6 nitrogen and oxygen atoms in total. The lowest BCUT2D eigenvalue weighted by Gasteiger charge is -2.04. The Labute approximate surface area is 132 Å². The number of ether oxygens (including phenoxy) is 1. The molecule has 0 amide bonds. The molecule has 2 rings (SSSR count). The van der Waals surface area contributed by atoms with Crippen LogP contribution in [0.3, 0.4) is 0 Å². The summed E-state index contributed by atoms with van der Waals surface area (Å²) in [6, 6.07) is 16.9. The summed E-state index contributed by atoms with van der Waals surface area (Å²) in [4.78, 5) is 23.5. The Morgan fingerprint density at radius 3 is 2.09 bits per heavy atom. The van der Waals surface area contributed by atoms with E-state index in [4.69, 9.17) is 0 Å². The van der Waals surface area contributed by atoms with Gasteiger partial charge in [0.1, 0.15) is 0 Å². The van der Waals surface area contributed by atoms with Crippen molar-refractivity contribution < 1.29 is 19.4 Å². The number of hydrogen-bond acceptors (Lipinski definition) is 6. The molecule has 116 valence electrons. The van der Waals surface area contributed by atoms with Crippen molar-refractivity contribution in [2.45, 2.75) is 0 Å². The number of carbonyl (C=O) groups excluding carboxylic acids is 2. The average Bonchev–Trinajstić information content (AvgIpc) is 2.62. The van der Waals surface area contributed by atoms with Crippen molar-refractivity contribution >= 4 is 23.2 Å². The Morgan fingerprint density at radius 2 is 1.52 bits per heavy atom. The van der Waals surface area contributed by atoms with Crippen molar-refractivity contribution in [1.29, 1.82) is 0 Å². The SMILES string of the molecule is COC(=O)C(=O)C(N=Nc1ccccc1)=C(O)c1ccccc1. The first-order valence-electron chi connectivity index (χ1n) is 6.71. The van der Waals surface area contributed by atoms with Gasteiger partial charge in [0.15, 0.2) is 11.5 Å². The van der Waals surface area contributed by atoms with Gasteiger partial charge < -0.3 is 9.84 Å². The van der Waals surface area contributed by atoms with Crippen LogP contribution in [0.1, 0.15) is 5.56 Å². The molecule has 1 N–H and O–H groups in total. The van der Waals surface area contributed by atoms with Crippen LogP contribution < -0.4 is 0 Å². The maximum absolute atomic E-state index is 12.1. The first-order valence-corrected chi connectivity index (χ1v) is 6.71. The van der Waals surface area contributed by atoms with Crippen LogP contribution in [0.4, 0.5) is 5.69 Å². The monoisotopic (exact) mass is 310 g/mol. The predicted molar refractivity (Wildman–Crippen MR) is 84.0 cm³/mol. The zero-order valence-corrected chi connectivity index (χ0v) is 12.3. The highest BCUT2D eigenvalue weighted by atomic mass is 16.5. The van der Waals surface area contributed by atoms with Gasteiger partial charge in [-0.15, -0.1) is 5.11 Å². The molecular formula is C17H14N2O4. The number of hydrogen-bond donors (Lipinski definition) is 1. The number of methoxy groups -OCH3 is 1. The number of azo groups is 1. The fourth-order valence-electron chi connectivity index (χ4n) is 1.72. The molecule has 0 aliphatic carbocycles. The van der Waals surface area contributed by atoms with Crippen LogP contribution in [0.5, 0.6) is 0 Å². The third-order valence-electron chi connectivity index (χ3n) is 2.88. The Bertz CT molecular complexity index is 753. The summed E-state index contributed by atoms with van der Waals surface area (Å²) < 4.78 is 4.40. The Hall–Kier alpha value is -3.28. The standard InChI is InChI=1S/C17H14N2O4/c1-23-17(22)16(21)14(15(20)12-8-4-2-5-9-12)19-18-13-10-6-3-7-11-13/h2-11,20H,1H3. The summed E-state index contributed by atoms with van der Waals surface area (Å²) in [6.07, 6.45) is 0. The van der Waals surface area contributed by atoms with Crippen LogP contribution in [0.25, 0.3) is 5.76 Å². The number of rotatable bonds is 5. The normalized spacial score (nSPS) is 11.9. The first-order chi connectivity index (χ1) is 11.1. The molecular weight excluding hydrogens is 296 g/mol. The molecule has 2 aromatic carbocycles. The molecule has 6 heteroatoms. The minimum Gasteiger partial charge on any atom is -0.505 e.